The van der Waals surface area contributed by atoms with Gasteiger partial charge in [-0.1, -0.05) is 35.6 Å². The molecule has 0 heterocycles. The summed E-state index contributed by atoms with van der Waals surface area (Å²) in [5.41, 5.74) is 1.24. The third-order valence-corrected chi connectivity index (χ3v) is 1.48. The van der Waals surface area contributed by atoms with E-state index < -0.39 is 0 Å². The predicted octanol–water partition coefficient (Wildman–Crippen LogP) is 3.36. The Balaban J connectivity index is 3.71. The Morgan fingerprint density at radius 2 is 2.27 bits per heavy atom. The summed E-state index contributed by atoms with van der Waals surface area (Å²) in [6.07, 6.45) is 7.06. The van der Waals surface area contributed by atoms with E-state index in [9.17, 15) is 0 Å². The molecule has 0 aromatic carbocycles. The molecule has 0 rings (SSSR count). The van der Waals surface area contributed by atoms with Crippen molar-refractivity contribution in [2.45, 2.75) is 20.3 Å². The highest BCUT2D eigenvalue weighted by molar-refractivity contribution is 14.1. The summed E-state index contributed by atoms with van der Waals surface area (Å²) >= 11 is 2.21. The smallest absolute Gasteiger partial charge is 0.0386 e. The van der Waals surface area contributed by atoms with Gasteiger partial charge in [0.25, 0.3) is 0 Å². The molecule has 0 aromatic heterocycles. The van der Waals surface area contributed by atoms with Crippen LogP contribution in [0.3, 0.4) is 0 Å². The molecular weight excluding hydrogens is 249 g/mol. The lowest BCUT2D eigenvalue weighted by atomic mass is 10.3. The van der Waals surface area contributed by atoms with Crippen molar-refractivity contribution in [1.82, 2.24) is 0 Å². The molecule has 0 bridgehead atoms. The minimum Gasteiger partial charge on any atom is -0.293 e. The SMILES string of the molecule is CCCN=C/C=C(C)\C=C/I. The number of aliphatic imine (C=N–C) groups is 1. The van der Waals surface area contributed by atoms with Crippen molar-refractivity contribution in [3.63, 3.8) is 0 Å². The molecule has 0 aliphatic rings. The molecule has 0 N–H and O–H groups in total. The van der Waals surface area contributed by atoms with Gasteiger partial charge in [-0.15, -0.1) is 0 Å². The van der Waals surface area contributed by atoms with Crippen LogP contribution in [0.5, 0.6) is 0 Å². The van der Waals surface area contributed by atoms with Gasteiger partial charge in [0.15, 0.2) is 0 Å². The van der Waals surface area contributed by atoms with Crippen molar-refractivity contribution >= 4 is 28.8 Å². The van der Waals surface area contributed by atoms with Crippen molar-refractivity contribution in [3.05, 3.63) is 21.8 Å². The summed E-state index contributed by atoms with van der Waals surface area (Å²) in [5, 5.41) is 0. The Hall–Kier alpha value is -0.120. The van der Waals surface area contributed by atoms with E-state index in [0.717, 1.165) is 13.0 Å². The number of hydrogen-bond donors (Lipinski definition) is 0. The van der Waals surface area contributed by atoms with Crippen LogP contribution in [-0.4, -0.2) is 12.8 Å². The first-order chi connectivity index (χ1) is 5.31. The topological polar surface area (TPSA) is 12.4 Å². The fourth-order valence-corrected chi connectivity index (χ4v) is 1.10. The van der Waals surface area contributed by atoms with Crippen molar-refractivity contribution in [1.29, 1.82) is 0 Å². The van der Waals surface area contributed by atoms with Gasteiger partial charge in [0.2, 0.25) is 0 Å². The second kappa shape index (κ2) is 7.98. The highest BCUT2D eigenvalue weighted by atomic mass is 127. The van der Waals surface area contributed by atoms with Crippen LogP contribution in [0, 0.1) is 0 Å². The lowest BCUT2D eigenvalue weighted by Gasteiger charge is -1.85. The molecule has 1 nitrogen and oxygen atoms in total. The number of hydrogen-bond acceptors (Lipinski definition) is 1. The fourth-order valence-electron chi connectivity index (χ4n) is 0.529. The van der Waals surface area contributed by atoms with Crippen LogP contribution < -0.4 is 0 Å². The number of halogens is 1. The molecule has 0 spiro atoms. The highest BCUT2D eigenvalue weighted by Gasteiger charge is 1.76. The first-order valence-corrected chi connectivity index (χ1v) is 4.99. The van der Waals surface area contributed by atoms with E-state index in [0.29, 0.717) is 0 Å². The fraction of sp³-hybridized carbons (Fsp3) is 0.444. The highest BCUT2D eigenvalue weighted by Crippen LogP contribution is 1.95. The van der Waals surface area contributed by atoms with E-state index in [1.807, 2.05) is 16.4 Å². The average Bonchev–Trinajstić information content (AvgIpc) is 1.99. The van der Waals surface area contributed by atoms with Gasteiger partial charge in [0.05, 0.1) is 0 Å². The van der Waals surface area contributed by atoms with Gasteiger partial charge in [-0.2, -0.15) is 0 Å². The van der Waals surface area contributed by atoms with Crippen LogP contribution in [0.1, 0.15) is 20.3 Å². The van der Waals surface area contributed by atoms with Gasteiger partial charge < -0.3 is 0 Å². The van der Waals surface area contributed by atoms with Crippen molar-refractivity contribution in [3.8, 4) is 0 Å². The molecule has 0 aromatic rings. The van der Waals surface area contributed by atoms with Crippen LogP contribution in [0.15, 0.2) is 26.8 Å². The second-order valence-electron chi connectivity index (χ2n) is 2.26. The number of allylic oxidation sites excluding steroid dienone is 3. The molecule has 0 aliphatic carbocycles. The molecule has 0 amide bonds. The third-order valence-electron chi connectivity index (χ3n) is 1.12. The van der Waals surface area contributed by atoms with Gasteiger partial charge in [-0.25, -0.2) is 0 Å². The van der Waals surface area contributed by atoms with E-state index >= 15 is 0 Å². The molecule has 0 saturated carbocycles. The zero-order chi connectivity index (χ0) is 8.53. The number of nitrogens with zero attached hydrogens (tertiary/aromatic N) is 1. The first kappa shape index (κ1) is 10.9. The molecule has 0 radical (unpaired) electrons. The summed E-state index contributed by atoms with van der Waals surface area (Å²) in [6, 6.07) is 0. The van der Waals surface area contributed by atoms with E-state index in [1.165, 1.54) is 5.57 Å². The number of rotatable bonds is 4. The zero-order valence-electron chi connectivity index (χ0n) is 7.05. The van der Waals surface area contributed by atoms with Crippen LogP contribution in [0.4, 0.5) is 0 Å². The van der Waals surface area contributed by atoms with E-state index in [1.54, 1.807) is 0 Å². The molecule has 0 unspecified atom stereocenters. The maximum absolute atomic E-state index is 4.17. The zero-order valence-corrected chi connectivity index (χ0v) is 9.21. The Bertz CT molecular complexity index is 168. The summed E-state index contributed by atoms with van der Waals surface area (Å²) in [7, 11) is 0. The van der Waals surface area contributed by atoms with Gasteiger partial charge in [-0.05, 0) is 29.1 Å². The van der Waals surface area contributed by atoms with Gasteiger partial charge >= 0.3 is 0 Å². The quantitative estimate of drug-likeness (QED) is 0.419. The van der Waals surface area contributed by atoms with Gasteiger partial charge in [0.1, 0.15) is 0 Å². The standard InChI is InChI=1S/C9H14IN/c1-3-7-11-8-5-9(2)4-6-10/h4-6,8H,3,7H2,1-2H3/b6-4-,9-5-,11-8?. The van der Waals surface area contributed by atoms with Crippen molar-refractivity contribution < 1.29 is 0 Å². The van der Waals surface area contributed by atoms with E-state index in [2.05, 4.69) is 47.5 Å². The van der Waals surface area contributed by atoms with Gasteiger partial charge in [0, 0.05) is 12.8 Å². The van der Waals surface area contributed by atoms with E-state index in [4.69, 9.17) is 0 Å². The lowest BCUT2D eigenvalue weighted by molar-refractivity contribution is 0.937. The maximum atomic E-state index is 4.17. The normalized spacial score (nSPS) is 13.5. The maximum Gasteiger partial charge on any atom is 0.0386 e. The average molecular weight is 263 g/mol. The summed E-state index contributed by atoms with van der Waals surface area (Å²) in [6.45, 7) is 5.11. The molecule has 0 aliphatic heterocycles. The minimum absolute atomic E-state index is 0.928. The van der Waals surface area contributed by atoms with Crippen molar-refractivity contribution in [2.75, 3.05) is 6.54 Å². The Labute approximate surface area is 82.4 Å². The summed E-state index contributed by atoms with van der Waals surface area (Å²) < 4.78 is 2.00. The predicted molar refractivity (Wildman–Crippen MR) is 60.6 cm³/mol. The van der Waals surface area contributed by atoms with Gasteiger partial charge in [-0.3, -0.25) is 4.99 Å². The largest absolute Gasteiger partial charge is 0.293 e. The molecule has 0 fully saturated rings. The molecular formula is C9H14IN. The third kappa shape index (κ3) is 7.78. The van der Waals surface area contributed by atoms with Crippen LogP contribution in [0.2, 0.25) is 0 Å². The molecule has 0 saturated heterocycles. The Morgan fingerprint density at radius 3 is 2.82 bits per heavy atom. The molecule has 2 heteroatoms. The van der Waals surface area contributed by atoms with Crippen LogP contribution >= 0.6 is 22.6 Å². The Morgan fingerprint density at radius 1 is 1.55 bits per heavy atom. The second-order valence-corrected chi connectivity index (χ2v) is 2.98. The molecule has 11 heavy (non-hydrogen) atoms. The van der Waals surface area contributed by atoms with Crippen molar-refractivity contribution in [2.24, 2.45) is 4.99 Å². The van der Waals surface area contributed by atoms with Crippen LogP contribution in [-0.2, 0) is 0 Å². The first-order valence-electron chi connectivity index (χ1n) is 3.74. The lowest BCUT2D eigenvalue weighted by Crippen LogP contribution is -1.76. The minimum atomic E-state index is 0.928. The van der Waals surface area contributed by atoms with E-state index in [-0.39, 0.29) is 0 Å². The monoisotopic (exact) mass is 263 g/mol. The molecule has 62 valence electrons. The Kier molecular flexibility index (Phi) is 7.89. The van der Waals surface area contributed by atoms with Crippen LogP contribution in [0.25, 0.3) is 0 Å². The summed E-state index contributed by atoms with van der Waals surface area (Å²) in [5.74, 6) is 0. The molecule has 0 atom stereocenters. The summed E-state index contributed by atoms with van der Waals surface area (Å²) in [4.78, 5) is 4.17.